The highest BCUT2D eigenvalue weighted by Crippen LogP contribution is 2.39. The summed E-state index contributed by atoms with van der Waals surface area (Å²) in [4.78, 5) is 16.0. The van der Waals surface area contributed by atoms with Crippen LogP contribution in [0.2, 0.25) is 0 Å². The van der Waals surface area contributed by atoms with E-state index in [1.165, 1.54) is 54.7 Å². The maximum Gasteiger partial charge on any atom is 0.420 e. The molecule has 0 aliphatic heterocycles. The van der Waals surface area contributed by atoms with E-state index in [9.17, 15) is 28.2 Å². The fourth-order valence-corrected chi connectivity index (χ4v) is 3.44. The molecule has 0 atom stereocenters. The summed E-state index contributed by atoms with van der Waals surface area (Å²) in [5, 5.41) is 21.2. The number of amides is 1. The number of carbonyl (C=O) groups is 1. The van der Waals surface area contributed by atoms with E-state index >= 15 is 0 Å². The van der Waals surface area contributed by atoms with E-state index in [4.69, 9.17) is 10.2 Å². The lowest BCUT2D eigenvalue weighted by Crippen LogP contribution is -2.19. The normalized spacial score (nSPS) is 12.1. The summed E-state index contributed by atoms with van der Waals surface area (Å²) in [6.07, 6.45) is -2.07. The zero-order chi connectivity index (χ0) is 25.2. The maximum atomic E-state index is 13.8. The van der Waals surface area contributed by atoms with Gasteiger partial charge in [-0.05, 0) is 53.1 Å². The van der Waals surface area contributed by atoms with Crippen molar-refractivity contribution in [2.75, 3.05) is 5.73 Å². The molecular formula is C25H20F3N3O4. The molecule has 0 aliphatic carbocycles. The molecule has 10 heteroatoms. The lowest BCUT2D eigenvalue weighted by Gasteiger charge is -2.11. The highest BCUT2D eigenvalue weighted by Gasteiger charge is 2.35. The van der Waals surface area contributed by atoms with Gasteiger partial charge in [0.15, 0.2) is 6.29 Å². The van der Waals surface area contributed by atoms with Crippen LogP contribution in [0, 0.1) is 0 Å². The Balaban J connectivity index is 1.57. The summed E-state index contributed by atoms with van der Waals surface area (Å²) >= 11 is 0. The van der Waals surface area contributed by atoms with E-state index in [1.54, 1.807) is 12.1 Å². The molecule has 0 fully saturated rings. The lowest BCUT2D eigenvalue weighted by molar-refractivity contribution is -0.136. The third-order valence-electron chi connectivity index (χ3n) is 5.19. The van der Waals surface area contributed by atoms with Crippen LogP contribution in [0.25, 0.3) is 28.2 Å². The summed E-state index contributed by atoms with van der Waals surface area (Å²) in [6.45, 7) is -0.118. The quantitative estimate of drug-likeness (QED) is 0.238. The molecule has 2 aromatic heterocycles. The average Bonchev–Trinajstić information content (AvgIpc) is 3.24. The van der Waals surface area contributed by atoms with E-state index in [-0.39, 0.29) is 34.4 Å². The van der Waals surface area contributed by atoms with Crippen molar-refractivity contribution < 1.29 is 32.6 Å². The number of halogens is 3. The number of aliphatic hydroxyl groups is 2. The van der Waals surface area contributed by atoms with Crippen molar-refractivity contribution in [3.05, 3.63) is 89.3 Å². The van der Waals surface area contributed by atoms with Crippen molar-refractivity contribution in [1.82, 2.24) is 10.3 Å². The predicted molar refractivity (Wildman–Crippen MR) is 123 cm³/mol. The van der Waals surface area contributed by atoms with Gasteiger partial charge in [-0.2, -0.15) is 13.2 Å². The SMILES string of the molecule is Nc1ccc(/C=C/C(=O)NCc2cc3cc(-c4ccc(C(O)O)cc4)cc(C(F)(F)F)c3o2)cn1. The maximum absolute atomic E-state index is 13.8. The van der Waals surface area contributed by atoms with Crippen LogP contribution >= 0.6 is 0 Å². The summed E-state index contributed by atoms with van der Waals surface area (Å²) < 4.78 is 46.8. The van der Waals surface area contributed by atoms with E-state index in [0.29, 0.717) is 16.9 Å². The molecule has 4 rings (SSSR count). The molecule has 7 nitrogen and oxygen atoms in total. The van der Waals surface area contributed by atoms with Crippen LogP contribution in [0.4, 0.5) is 19.0 Å². The van der Waals surface area contributed by atoms with E-state index in [2.05, 4.69) is 10.3 Å². The molecule has 2 heterocycles. The Morgan fingerprint density at radius 1 is 1.09 bits per heavy atom. The van der Waals surface area contributed by atoms with Crippen LogP contribution in [0.3, 0.4) is 0 Å². The van der Waals surface area contributed by atoms with Gasteiger partial charge < -0.3 is 25.7 Å². The number of nitrogens with zero attached hydrogens (tertiary/aromatic N) is 1. The van der Waals surface area contributed by atoms with Crippen molar-refractivity contribution in [2.45, 2.75) is 19.0 Å². The number of rotatable bonds is 6. The van der Waals surface area contributed by atoms with Crippen LogP contribution in [0.1, 0.15) is 28.7 Å². The fraction of sp³-hybridized carbons (Fsp3) is 0.120. The van der Waals surface area contributed by atoms with Gasteiger partial charge in [0.25, 0.3) is 0 Å². The second kappa shape index (κ2) is 9.61. The van der Waals surface area contributed by atoms with Gasteiger partial charge in [-0.25, -0.2) is 4.98 Å². The number of pyridine rings is 1. The zero-order valence-corrected chi connectivity index (χ0v) is 18.1. The predicted octanol–water partition coefficient (Wildman–Crippen LogP) is 4.41. The standard InChI is InChI=1S/C25H20F3N3O4/c26-25(27,28)20-11-17(15-3-5-16(6-4-15)24(33)34)9-18-10-19(35-23(18)20)13-31-22(32)8-2-14-1-7-21(29)30-12-14/h1-12,24,33-34H,13H2,(H2,29,30)(H,31,32)/b8-2+. The topological polar surface area (TPSA) is 122 Å². The molecule has 5 N–H and O–H groups in total. The van der Waals surface area contributed by atoms with Crippen molar-refractivity contribution in [3.8, 4) is 11.1 Å². The minimum atomic E-state index is -4.68. The Labute approximate surface area is 197 Å². The number of hydrogen-bond donors (Lipinski definition) is 4. The lowest BCUT2D eigenvalue weighted by atomic mass is 9.99. The molecule has 4 aromatic rings. The first-order valence-corrected chi connectivity index (χ1v) is 10.4. The van der Waals surface area contributed by atoms with E-state index in [0.717, 1.165) is 6.07 Å². The van der Waals surface area contributed by atoms with Crippen molar-refractivity contribution in [1.29, 1.82) is 0 Å². The van der Waals surface area contributed by atoms with Crippen LogP contribution < -0.4 is 11.1 Å². The number of fused-ring (bicyclic) bond motifs is 1. The van der Waals surface area contributed by atoms with Crippen LogP contribution in [-0.2, 0) is 17.5 Å². The Hall–Kier alpha value is -4.15. The van der Waals surface area contributed by atoms with Gasteiger partial charge >= 0.3 is 6.18 Å². The third-order valence-corrected chi connectivity index (χ3v) is 5.19. The highest BCUT2D eigenvalue weighted by atomic mass is 19.4. The highest BCUT2D eigenvalue weighted by molar-refractivity contribution is 5.92. The van der Waals surface area contributed by atoms with Gasteiger partial charge in [0.1, 0.15) is 17.2 Å². The third kappa shape index (κ3) is 5.68. The first kappa shape index (κ1) is 24.0. The number of alkyl halides is 3. The number of anilines is 1. The first-order chi connectivity index (χ1) is 16.6. The van der Waals surface area contributed by atoms with E-state index in [1.807, 2.05) is 0 Å². The van der Waals surface area contributed by atoms with Gasteiger partial charge in [0, 0.05) is 23.2 Å². The van der Waals surface area contributed by atoms with E-state index < -0.39 is 23.9 Å². The van der Waals surface area contributed by atoms with Gasteiger partial charge in [-0.3, -0.25) is 4.79 Å². The largest absolute Gasteiger partial charge is 0.459 e. The minimum absolute atomic E-state index is 0.118. The molecular weight excluding hydrogens is 463 g/mol. The second-order valence-electron chi connectivity index (χ2n) is 7.72. The van der Waals surface area contributed by atoms with Crippen LogP contribution in [0.15, 0.2) is 71.3 Å². The van der Waals surface area contributed by atoms with Crippen molar-refractivity contribution >= 4 is 28.8 Å². The summed E-state index contributed by atoms with van der Waals surface area (Å²) in [5.74, 6) is 0.0290. The first-order valence-electron chi connectivity index (χ1n) is 10.4. The number of nitrogens with one attached hydrogen (secondary N) is 1. The zero-order valence-electron chi connectivity index (χ0n) is 18.1. The van der Waals surface area contributed by atoms with Crippen molar-refractivity contribution in [2.24, 2.45) is 0 Å². The monoisotopic (exact) mass is 483 g/mol. The van der Waals surface area contributed by atoms with Crippen LogP contribution in [-0.4, -0.2) is 21.1 Å². The number of furan rings is 1. The Bertz CT molecular complexity index is 1380. The number of hydrogen-bond acceptors (Lipinski definition) is 6. The summed E-state index contributed by atoms with van der Waals surface area (Å²) in [7, 11) is 0. The molecule has 0 unspecified atom stereocenters. The molecule has 0 radical (unpaired) electrons. The number of nitrogens with two attached hydrogens (primary N) is 1. The average molecular weight is 483 g/mol. The molecule has 180 valence electrons. The number of carbonyl (C=O) groups excluding carboxylic acids is 1. The van der Waals surface area contributed by atoms with Crippen molar-refractivity contribution in [3.63, 3.8) is 0 Å². The Kier molecular flexibility index (Phi) is 6.59. The summed E-state index contributed by atoms with van der Waals surface area (Å²) in [5.41, 5.74) is 5.83. The van der Waals surface area contributed by atoms with Gasteiger partial charge in [-0.1, -0.05) is 24.3 Å². The molecule has 35 heavy (non-hydrogen) atoms. The molecule has 0 aliphatic rings. The molecule has 0 bridgehead atoms. The fourth-order valence-electron chi connectivity index (χ4n) is 3.44. The molecule has 2 aromatic carbocycles. The molecule has 1 amide bonds. The number of aromatic nitrogens is 1. The van der Waals surface area contributed by atoms with Crippen LogP contribution in [0.5, 0.6) is 0 Å². The molecule has 0 saturated carbocycles. The van der Waals surface area contributed by atoms with Gasteiger partial charge in [0.2, 0.25) is 5.91 Å². The van der Waals surface area contributed by atoms with Gasteiger partial charge in [0.05, 0.1) is 12.1 Å². The van der Waals surface area contributed by atoms with Gasteiger partial charge in [-0.15, -0.1) is 0 Å². The second-order valence-corrected chi connectivity index (χ2v) is 7.72. The Morgan fingerprint density at radius 3 is 2.46 bits per heavy atom. The Morgan fingerprint density at radius 2 is 1.83 bits per heavy atom. The number of aliphatic hydroxyl groups excluding tert-OH is 1. The minimum Gasteiger partial charge on any atom is -0.459 e. The number of nitrogen functional groups attached to an aromatic ring is 1. The smallest absolute Gasteiger partial charge is 0.420 e. The molecule has 0 spiro atoms. The summed E-state index contributed by atoms with van der Waals surface area (Å²) in [6, 6.07) is 13.1. The number of benzene rings is 2. The molecule has 0 saturated heterocycles.